The molecule has 164 valence electrons. The molecule has 1 N–H and O–H groups in total. The topological polar surface area (TPSA) is 111 Å². The minimum atomic E-state index is -0.839. The Labute approximate surface area is 175 Å². The molecule has 30 heavy (non-hydrogen) atoms. The number of benzene rings is 1. The average Bonchev–Trinajstić information content (AvgIpc) is 3.22. The number of amides is 2. The van der Waals surface area contributed by atoms with Gasteiger partial charge in [-0.3, -0.25) is 14.5 Å². The Bertz CT molecular complexity index is 738. The summed E-state index contributed by atoms with van der Waals surface area (Å²) in [6, 6.07) is 8.86. The van der Waals surface area contributed by atoms with Gasteiger partial charge in [0, 0.05) is 13.0 Å². The van der Waals surface area contributed by atoms with E-state index in [0.29, 0.717) is 13.0 Å². The second-order valence-electron chi connectivity index (χ2n) is 6.94. The van der Waals surface area contributed by atoms with Gasteiger partial charge in [0.25, 0.3) is 0 Å². The fourth-order valence-corrected chi connectivity index (χ4v) is 2.95. The molecular weight excluding hydrogens is 392 g/mol. The van der Waals surface area contributed by atoms with Gasteiger partial charge in [-0.1, -0.05) is 30.3 Å². The lowest BCUT2D eigenvalue weighted by molar-refractivity contribution is -0.165. The summed E-state index contributed by atoms with van der Waals surface area (Å²) in [4.78, 5) is 48.9. The predicted octanol–water partition coefficient (Wildman–Crippen LogP) is 1.79. The number of carbonyl (C=O) groups is 4. The van der Waals surface area contributed by atoms with Crippen molar-refractivity contribution in [2.45, 2.75) is 51.5 Å². The van der Waals surface area contributed by atoms with Gasteiger partial charge >= 0.3 is 18.0 Å². The number of likely N-dealkylation sites (tertiary alicyclic amines) is 1. The first-order valence-corrected chi connectivity index (χ1v) is 9.89. The predicted molar refractivity (Wildman–Crippen MR) is 106 cm³/mol. The molecule has 0 aliphatic carbocycles. The standard InChI is InChI=1S/C21H28N2O7/c1-15(20(26)29-14-16-7-4-3-5-8-16)30-18-9-6-12-23(18)21(27)22-13-17(24)10-11-19(25)28-2/h3-5,7-8,15,18H,6,9-14H2,1-2H3,(H,22,27)/t15?,18-/m0/s1. The van der Waals surface area contributed by atoms with E-state index in [1.165, 1.54) is 12.0 Å². The van der Waals surface area contributed by atoms with E-state index in [0.717, 1.165) is 12.0 Å². The molecule has 1 aromatic rings. The minimum absolute atomic E-state index is 0.00281. The van der Waals surface area contributed by atoms with Crippen LogP contribution in [0, 0.1) is 0 Å². The van der Waals surface area contributed by atoms with Crippen molar-refractivity contribution in [2.24, 2.45) is 0 Å². The highest BCUT2D eigenvalue weighted by Gasteiger charge is 2.32. The first kappa shape index (κ1) is 23.3. The quantitative estimate of drug-likeness (QED) is 0.575. The second-order valence-corrected chi connectivity index (χ2v) is 6.94. The van der Waals surface area contributed by atoms with Crippen LogP contribution in [0.15, 0.2) is 30.3 Å². The van der Waals surface area contributed by atoms with Gasteiger partial charge in [0.2, 0.25) is 0 Å². The van der Waals surface area contributed by atoms with Crippen LogP contribution in [0.1, 0.15) is 38.2 Å². The Balaban J connectivity index is 1.75. The summed E-state index contributed by atoms with van der Waals surface area (Å²) in [6.07, 6.45) is -0.135. The third kappa shape index (κ3) is 7.47. The van der Waals surface area contributed by atoms with Crippen LogP contribution in [0.5, 0.6) is 0 Å². The number of esters is 2. The number of carbonyl (C=O) groups excluding carboxylic acids is 4. The Morgan fingerprint density at radius 3 is 2.60 bits per heavy atom. The largest absolute Gasteiger partial charge is 0.469 e. The first-order chi connectivity index (χ1) is 14.4. The van der Waals surface area contributed by atoms with Crippen LogP contribution in [0.3, 0.4) is 0 Å². The fraction of sp³-hybridized carbons (Fsp3) is 0.524. The van der Waals surface area contributed by atoms with Gasteiger partial charge in [-0.15, -0.1) is 0 Å². The van der Waals surface area contributed by atoms with Crippen LogP contribution in [0.4, 0.5) is 4.79 Å². The molecule has 2 atom stereocenters. The molecule has 2 rings (SSSR count). The highest BCUT2D eigenvalue weighted by Crippen LogP contribution is 2.20. The van der Waals surface area contributed by atoms with E-state index in [9.17, 15) is 19.2 Å². The van der Waals surface area contributed by atoms with Crippen molar-refractivity contribution in [3.05, 3.63) is 35.9 Å². The molecule has 1 aliphatic heterocycles. The molecule has 1 saturated heterocycles. The highest BCUT2D eigenvalue weighted by atomic mass is 16.6. The molecule has 0 bridgehead atoms. The van der Waals surface area contributed by atoms with E-state index in [4.69, 9.17) is 9.47 Å². The van der Waals surface area contributed by atoms with E-state index in [-0.39, 0.29) is 31.8 Å². The van der Waals surface area contributed by atoms with E-state index < -0.39 is 30.3 Å². The fourth-order valence-electron chi connectivity index (χ4n) is 2.95. The number of ether oxygens (including phenoxy) is 3. The molecular formula is C21H28N2O7. The number of nitrogens with one attached hydrogen (secondary N) is 1. The summed E-state index contributed by atoms with van der Waals surface area (Å²) in [5, 5.41) is 2.53. The molecule has 1 aliphatic rings. The Morgan fingerprint density at radius 1 is 1.17 bits per heavy atom. The van der Waals surface area contributed by atoms with Gasteiger partial charge in [-0.25, -0.2) is 9.59 Å². The smallest absolute Gasteiger partial charge is 0.335 e. The number of hydrogen-bond donors (Lipinski definition) is 1. The lowest BCUT2D eigenvalue weighted by Crippen LogP contribution is -2.46. The molecule has 1 unspecified atom stereocenters. The minimum Gasteiger partial charge on any atom is -0.469 e. The molecule has 9 heteroatoms. The normalized spacial score (nSPS) is 16.6. The summed E-state index contributed by atoms with van der Waals surface area (Å²) in [5.74, 6) is -1.26. The van der Waals surface area contributed by atoms with Gasteiger partial charge in [-0.05, 0) is 25.3 Å². The van der Waals surface area contributed by atoms with Gasteiger partial charge in [0.1, 0.15) is 12.8 Å². The zero-order chi connectivity index (χ0) is 21.9. The number of nitrogens with zero attached hydrogens (tertiary/aromatic N) is 1. The van der Waals surface area contributed by atoms with E-state index in [1.807, 2.05) is 30.3 Å². The van der Waals surface area contributed by atoms with Crippen molar-refractivity contribution in [1.82, 2.24) is 10.2 Å². The first-order valence-electron chi connectivity index (χ1n) is 9.89. The third-order valence-corrected chi connectivity index (χ3v) is 4.65. The van der Waals surface area contributed by atoms with E-state index >= 15 is 0 Å². The summed E-state index contributed by atoms with van der Waals surface area (Å²) >= 11 is 0. The SMILES string of the molecule is COC(=O)CCC(=O)CNC(=O)N1CCC[C@@H]1OC(C)C(=O)OCc1ccccc1. The zero-order valence-electron chi connectivity index (χ0n) is 17.3. The van der Waals surface area contributed by atoms with Crippen molar-refractivity contribution in [1.29, 1.82) is 0 Å². The zero-order valence-corrected chi connectivity index (χ0v) is 17.3. The Morgan fingerprint density at radius 2 is 1.90 bits per heavy atom. The van der Waals surface area contributed by atoms with Crippen LogP contribution in [0.2, 0.25) is 0 Å². The van der Waals surface area contributed by atoms with E-state index in [2.05, 4.69) is 10.1 Å². The average molecular weight is 420 g/mol. The third-order valence-electron chi connectivity index (χ3n) is 4.65. The molecule has 1 aromatic carbocycles. The number of ketones is 1. The maximum Gasteiger partial charge on any atom is 0.335 e. The van der Waals surface area contributed by atoms with Crippen molar-refractivity contribution in [3.8, 4) is 0 Å². The lowest BCUT2D eigenvalue weighted by atomic mass is 10.2. The second kappa shape index (κ2) is 11.9. The van der Waals surface area contributed by atoms with Crippen LogP contribution >= 0.6 is 0 Å². The van der Waals surface area contributed by atoms with E-state index in [1.54, 1.807) is 6.92 Å². The lowest BCUT2D eigenvalue weighted by Gasteiger charge is -2.27. The maximum atomic E-state index is 12.4. The number of rotatable bonds is 10. The van der Waals surface area contributed by atoms with Crippen molar-refractivity contribution in [3.63, 3.8) is 0 Å². The van der Waals surface area contributed by atoms with Crippen LogP contribution in [-0.2, 0) is 35.2 Å². The number of urea groups is 1. The van der Waals surface area contributed by atoms with Crippen LogP contribution < -0.4 is 5.32 Å². The van der Waals surface area contributed by atoms with Crippen LogP contribution in [0.25, 0.3) is 0 Å². The maximum absolute atomic E-state index is 12.4. The molecule has 0 saturated carbocycles. The summed E-state index contributed by atoms with van der Waals surface area (Å²) < 4.78 is 15.5. The number of Topliss-reactive ketones (excluding diaryl/α,β-unsaturated/α-hetero) is 1. The van der Waals surface area contributed by atoms with Crippen molar-refractivity contribution >= 4 is 23.8 Å². The Kier molecular flexibility index (Phi) is 9.27. The van der Waals surface area contributed by atoms with Crippen molar-refractivity contribution in [2.75, 3.05) is 20.2 Å². The summed E-state index contributed by atoms with van der Waals surface area (Å²) in [5.41, 5.74) is 0.872. The molecule has 0 spiro atoms. The number of methoxy groups -OCH3 is 1. The molecule has 9 nitrogen and oxygen atoms in total. The monoisotopic (exact) mass is 420 g/mol. The van der Waals surface area contributed by atoms with Crippen LogP contribution in [-0.4, -0.2) is 61.2 Å². The molecule has 2 amide bonds. The molecule has 0 radical (unpaired) electrons. The molecule has 1 fully saturated rings. The Hall–Kier alpha value is -2.94. The molecule has 1 heterocycles. The molecule has 0 aromatic heterocycles. The van der Waals surface area contributed by atoms with Gasteiger partial charge in [0.05, 0.1) is 20.1 Å². The summed E-state index contributed by atoms with van der Waals surface area (Å²) in [7, 11) is 1.25. The summed E-state index contributed by atoms with van der Waals surface area (Å²) in [6.45, 7) is 2.00. The van der Waals surface area contributed by atoms with Gasteiger partial charge in [0.15, 0.2) is 11.9 Å². The number of hydrogen-bond acceptors (Lipinski definition) is 7. The van der Waals surface area contributed by atoms with Crippen molar-refractivity contribution < 1.29 is 33.4 Å². The highest BCUT2D eigenvalue weighted by molar-refractivity contribution is 5.87. The van der Waals surface area contributed by atoms with Gasteiger partial charge in [-0.2, -0.15) is 0 Å². The van der Waals surface area contributed by atoms with Gasteiger partial charge < -0.3 is 19.5 Å².